The summed E-state index contributed by atoms with van der Waals surface area (Å²) in [7, 11) is -3.36. The van der Waals surface area contributed by atoms with E-state index in [0.29, 0.717) is 30.5 Å². The number of hydrogen-bond donors (Lipinski definition) is 1. The average molecular weight is 389 g/mol. The molecule has 0 spiro atoms. The third kappa shape index (κ3) is 5.31. The lowest BCUT2D eigenvalue weighted by atomic mass is 9.98. The van der Waals surface area contributed by atoms with E-state index in [1.54, 1.807) is 28.6 Å². The lowest BCUT2D eigenvalue weighted by Crippen LogP contribution is -2.40. The fourth-order valence-electron chi connectivity index (χ4n) is 3.43. The van der Waals surface area contributed by atoms with Crippen LogP contribution in [0.2, 0.25) is 0 Å². The molecule has 1 heterocycles. The highest BCUT2D eigenvalue weighted by Gasteiger charge is 2.28. The minimum absolute atomic E-state index is 0.385. The minimum atomic E-state index is -3.36. The van der Waals surface area contributed by atoms with Crippen molar-refractivity contribution < 1.29 is 13.2 Å². The van der Waals surface area contributed by atoms with Crippen LogP contribution in [0.3, 0.4) is 0 Å². The van der Waals surface area contributed by atoms with Gasteiger partial charge in [-0.3, -0.25) is 0 Å². The zero-order valence-corrected chi connectivity index (χ0v) is 16.6. The molecule has 0 amide bonds. The van der Waals surface area contributed by atoms with Crippen LogP contribution in [0.15, 0.2) is 59.5 Å². The average Bonchev–Trinajstić information content (AvgIpc) is 2.70. The summed E-state index contributed by atoms with van der Waals surface area (Å²) in [6.45, 7) is 5.52. The SMILES string of the molecule is CCOc1cccc(CNCC2CCN(S(=O)(=O)c3ccccc3)CC2)c1. The molecule has 0 bridgehead atoms. The third-order valence-electron chi connectivity index (χ3n) is 4.93. The zero-order chi connectivity index (χ0) is 19.1. The summed E-state index contributed by atoms with van der Waals surface area (Å²) in [4.78, 5) is 0.385. The Labute approximate surface area is 162 Å². The monoisotopic (exact) mass is 388 g/mol. The molecule has 0 aliphatic carbocycles. The molecule has 0 unspecified atom stereocenters. The molecule has 1 N–H and O–H groups in total. The van der Waals surface area contributed by atoms with Crippen molar-refractivity contribution in [2.24, 2.45) is 5.92 Å². The molecule has 0 saturated carbocycles. The molecule has 146 valence electrons. The van der Waals surface area contributed by atoms with Crippen LogP contribution < -0.4 is 10.1 Å². The molecule has 0 radical (unpaired) electrons. The van der Waals surface area contributed by atoms with Gasteiger partial charge >= 0.3 is 0 Å². The quantitative estimate of drug-likeness (QED) is 0.754. The smallest absolute Gasteiger partial charge is 0.243 e. The van der Waals surface area contributed by atoms with Crippen molar-refractivity contribution in [2.45, 2.75) is 31.2 Å². The highest BCUT2D eigenvalue weighted by Crippen LogP contribution is 2.23. The van der Waals surface area contributed by atoms with Crippen molar-refractivity contribution in [1.29, 1.82) is 0 Å². The fourth-order valence-corrected chi connectivity index (χ4v) is 4.92. The number of hydrogen-bond acceptors (Lipinski definition) is 4. The van der Waals surface area contributed by atoms with Crippen molar-refractivity contribution in [1.82, 2.24) is 9.62 Å². The Morgan fingerprint density at radius 1 is 1.07 bits per heavy atom. The summed E-state index contributed by atoms with van der Waals surface area (Å²) in [6.07, 6.45) is 1.77. The van der Waals surface area contributed by atoms with E-state index < -0.39 is 10.0 Å². The van der Waals surface area contributed by atoms with E-state index in [-0.39, 0.29) is 0 Å². The number of ether oxygens (including phenoxy) is 1. The molecule has 2 aromatic carbocycles. The number of nitrogens with one attached hydrogen (secondary N) is 1. The molecule has 6 heteroatoms. The van der Waals surface area contributed by atoms with Crippen LogP contribution in [0.25, 0.3) is 0 Å². The van der Waals surface area contributed by atoms with Gasteiger partial charge in [-0.2, -0.15) is 4.31 Å². The molecule has 1 aliphatic rings. The van der Waals surface area contributed by atoms with Crippen LogP contribution in [-0.2, 0) is 16.6 Å². The van der Waals surface area contributed by atoms with Gasteiger partial charge in [0.2, 0.25) is 10.0 Å². The molecule has 1 aliphatic heterocycles. The maximum atomic E-state index is 12.7. The van der Waals surface area contributed by atoms with E-state index in [4.69, 9.17) is 4.74 Å². The lowest BCUT2D eigenvalue weighted by Gasteiger charge is -2.31. The number of rotatable bonds is 8. The molecule has 2 aromatic rings. The van der Waals surface area contributed by atoms with E-state index in [0.717, 1.165) is 31.7 Å². The molecule has 3 rings (SSSR count). The molecule has 27 heavy (non-hydrogen) atoms. The van der Waals surface area contributed by atoms with Crippen molar-refractivity contribution in [3.63, 3.8) is 0 Å². The largest absolute Gasteiger partial charge is 0.494 e. The predicted octanol–water partition coefficient (Wildman–Crippen LogP) is 3.28. The van der Waals surface area contributed by atoms with E-state index in [1.165, 1.54) is 5.56 Å². The Morgan fingerprint density at radius 3 is 2.52 bits per heavy atom. The maximum Gasteiger partial charge on any atom is 0.243 e. The highest BCUT2D eigenvalue weighted by molar-refractivity contribution is 7.89. The first-order valence-electron chi connectivity index (χ1n) is 9.57. The second kappa shape index (κ2) is 9.35. The summed E-state index contributed by atoms with van der Waals surface area (Å²) in [6, 6.07) is 16.8. The Bertz CT molecular complexity index is 816. The maximum absolute atomic E-state index is 12.7. The van der Waals surface area contributed by atoms with Crippen LogP contribution in [0, 0.1) is 5.92 Å². The number of benzene rings is 2. The summed E-state index contributed by atoms with van der Waals surface area (Å²) >= 11 is 0. The van der Waals surface area contributed by atoms with Crippen LogP contribution in [0.1, 0.15) is 25.3 Å². The van der Waals surface area contributed by atoms with Crippen molar-refractivity contribution >= 4 is 10.0 Å². The number of piperidine rings is 1. The van der Waals surface area contributed by atoms with Crippen LogP contribution in [0.5, 0.6) is 5.75 Å². The zero-order valence-electron chi connectivity index (χ0n) is 15.8. The molecule has 1 fully saturated rings. The Kier molecular flexibility index (Phi) is 6.88. The van der Waals surface area contributed by atoms with E-state index in [2.05, 4.69) is 17.4 Å². The van der Waals surface area contributed by atoms with Gasteiger partial charge in [0.25, 0.3) is 0 Å². The summed E-state index contributed by atoms with van der Waals surface area (Å²) in [5.74, 6) is 1.40. The van der Waals surface area contributed by atoms with E-state index in [1.807, 2.05) is 25.1 Å². The van der Waals surface area contributed by atoms with Gasteiger partial charge in [-0.05, 0) is 62.1 Å². The molecular formula is C21H28N2O3S. The first-order valence-corrected chi connectivity index (χ1v) is 11.0. The fraction of sp³-hybridized carbons (Fsp3) is 0.429. The minimum Gasteiger partial charge on any atom is -0.494 e. The van der Waals surface area contributed by atoms with Gasteiger partial charge in [-0.25, -0.2) is 8.42 Å². The second-order valence-electron chi connectivity index (χ2n) is 6.87. The topological polar surface area (TPSA) is 58.6 Å². The summed E-state index contributed by atoms with van der Waals surface area (Å²) in [5, 5.41) is 3.50. The van der Waals surface area contributed by atoms with Gasteiger partial charge in [-0.1, -0.05) is 30.3 Å². The lowest BCUT2D eigenvalue weighted by molar-refractivity contribution is 0.267. The third-order valence-corrected chi connectivity index (χ3v) is 6.84. The number of sulfonamides is 1. The normalized spacial score (nSPS) is 16.3. The van der Waals surface area contributed by atoms with Crippen molar-refractivity contribution in [2.75, 3.05) is 26.2 Å². The van der Waals surface area contributed by atoms with Crippen molar-refractivity contribution in [3.8, 4) is 5.75 Å². The van der Waals surface area contributed by atoms with E-state index in [9.17, 15) is 8.42 Å². The van der Waals surface area contributed by atoms with Gasteiger partial charge in [-0.15, -0.1) is 0 Å². The van der Waals surface area contributed by atoms with Gasteiger partial charge in [0, 0.05) is 19.6 Å². The second-order valence-corrected chi connectivity index (χ2v) is 8.81. The molecule has 5 nitrogen and oxygen atoms in total. The van der Waals surface area contributed by atoms with Gasteiger partial charge in [0.15, 0.2) is 0 Å². The summed E-state index contributed by atoms with van der Waals surface area (Å²) < 4.78 is 32.5. The summed E-state index contributed by atoms with van der Waals surface area (Å²) in [5.41, 5.74) is 1.20. The molecular weight excluding hydrogens is 360 g/mol. The highest BCUT2D eigenvalue weighted by atomic mass is 32.2. The van der Waals surface area contributed by atoms with Crippen LogP contribution in [0.4, 0.5) is 0 Å². The predicted molar refractivity (Wildman–Crippen MR) is 107 cm³/mol. The molecule has 1 saturated heterocycles. The Morgan fingerprint density at radius 2 is 1.81 bits per heavy atom. The van der Waals surface area contributed by atoms with Crippen LogP contribution >= 0.6 is 0 Å². The van der Waals surface area contributed by atoms with Gasteiger partial charge in [0.05, 0.1) is 11.5 Å². The van der Waals surface area contributed by atoms with Gasteiger partial charge in [0.1, 0.15) is 5.75 Å². The molecule has 0 atom stereocenters. The van der Waals surface area contributed by atoms with E-state index >= 15 is 0 Å². The Balaban J connectivity index is 1.45. The van der Waals surface area contributed by atoms with Gasteiger partial charge < -0.3 is 10.1 Å². The van der Waals surface area contributed by atoms with Crippen molar-refractivity contribution in [3.05, 3.63) is 60.2 Å². The standard InChI is InChI=1S/C21H28N2O3S/c1-2-26-20-8-6-7-19(15-20)17-22-16-18-11-13-23(14-12-18)27(24,25)21-9-4-3-5-10-21/h3-10,15,18,22H,2,11-14,16-17H2,1H3. The first kappa shape index (κ1) is 19.9. The van der Waals surface area contributed by atoms with Crippen LogP contribution in [-0.4, -0.2) is 39.0 Å². The first-order chi connectivity index (χ1) is 13.1. The Hall–Kier alpha value is -1.89. The number of nitrogens with zero attached hydrogens (tertiary/aromatic N) is 1. The molecule has 0 aromatic heterocycles.